The average Bonchev–Trinajstić information content (AvgIpc) is 2.76. The highest BCUT2D eigenvalue weighted by Gasteiger charge is 2.29. The molecule has 0 bridgehead atoms. The summed E-state index contributed by atoms with van der Waals surface area (Å²) in [5, 5.41) is 9.35. The number of benzene rings is 1. The SMILES string of the molecule is O=C(O)C1CCn2c(-c3ccccc3F)nc(Cl)c2C1. The quantitative estimate of drug-likeness (QED) is 0.926. The summed E-state index contributed by atoms with van der Waals surface area (Å²) in [4.78, 5) is 15.3. The van der Waals surface area contributed by atoms with Gasteiger partial charge in [-0.25, -0.2) is 9.37 Å². The largest absolute Gasteiger partial charge is 0.481 e. The molecule has 6 heteroatoms. The maximum Gasteiger partial charge on any atom is 0.306 e. The fourth-order valence-corrected chi connectivity index (χ4v) is 2.83. The molecule has 0 amide bonds. The van der Waals surface area contributed by atoms with Gasteiger partial charge in [0.25, 0.3) is 0 Å². The molecule has 0 fully saturated rings. The Morgan fingerprint density at radius 2 is 2.20 bits per heavy atom. The van der Waals surface area contributed by atoms with Crippen molar-refractivity contribution in [3.63, 3.8) is 0 Å². The van der Waals surface area contributed by atoms with E-state index in [1.807, 2.05) is 4.57 Å². The molecule has 1 N–H and O–H groups in total. The summed E-state index contributed by atoms with van der Waals surface area (Å²) >= 11 is 6.09. The van der Waals surface area contributed by atoms with Gasteiger partial charge < -0.3 is 9.67 Å². The minimum absolute atomic E-state index is 0.259. The van der Waals surface area contributed by atoms with Crippen molar-refractivity contribution >= 4 is 17.6 Å². The summed E-state index contributed by atoms with van der Waals surface area (Å²) in [5.74, 6) is -1.18. The summed E-state index contributed by atoms with van der Waals surface area (Å²) in [6, 6.07) is 6.36. The van der Waals surface area contributed by atoms with Crippen molar-refractivity contribution in [2.45, 2.75) is 19.4 Å². The van der Waals surface area contributed by atoms with Crippen LogP contribution in [0.15, 0.2) is 24.3 Å². The molecule has 1 aliphatic rings. The van der Waals surface area contributed by atoms with Crippen molar-refractivity contribution in [2.24, 2.45) is 5.92 Å². The van der Waals surface area contributed by atoms with E-state index < -0.39 is 11.9 Å². The third kappa shape index (κ3) is 2.08. The second-order valence-electron chi connectivity index (χ2n) is 4.83. The van der Waals surface area contributed by atoms with Crippen molar-refractivity contribution < 1.29 is 14.3 Å². The van der Waals surface area contributed by atoms with Crippen molar-refractivity contribution in [1.82, 2.24) is 9.55 Å². The third-order valence-corrected chi connectivity index (χ3v) is 3.93. The Kier molecular flexibility index (Phi) is 3.22. The summed E-state index contributed by atoms with van der Waals surface area (Å²) in [7, 11) is 0. The van der Waals surface area contributed by atoms with Crippen molar-refractivity contribution in [2.75, 3.05) is 0 Å². The van der Waals surface area contributed by atoms with Crippen LogP contribution in [0.1, 0.15) is 12.1 Å². The standard InChI is InChI=1S/C14H12ClFN2O2/c15-12-11-7-8(14(19)20)5-6-18(11)13(17-12)9-3-1-2-4-10(9)16/h1-4,8H,5-7H2,(H,19,20). The fraction of sp³-hybridized carbons (Fsp3) is 0.286. The van der Waals surface area contributed by atoms with Crippen LogP contribution in [0, 0.1) is 11.7 Å². The van der Waals surface area contributed by atoms with Gasteiger partial charge in [0.2, 0.25) is 0 Å². The lowest BCUT2D eigenvalue weighted by Gasteiger charge is -2.22. The molecule has 104 valence electrons. The van der Waals surface area contributed by atoms with Gasteiger partial charge in [-0.3, -0.25) is 4.79 Å². The number of nitrogens with zero attached hydrogens (tertiary/aromatic N) is 2. The number of imidazole rings is 1. The molecule has 2 heterocycles. The number of fused-ring (bicyclic) bond motifs is 1. The zero-order valence-electron chi connectivity index (χ0n) is 10.5. The lowest BCUT2D eigenvalue weighted by atomic mass is 9.96. The number of aromatic nitrogens is 2. The molecule has 1 aromatic carbocycles. The molecule has 0 radical (unpaired) electrons. The number of halogens is 2. The molecule has 2 aromatic rings. The van der Waals surface area contributed by atoms with Gasteiger partial charge in [-0.1, -0.05) is 23.7 Å². The van der Waals surface area contributed by atoms with E-state index in [0.29, 0.717) is 36.5 Å². The molecular formula is C14H12ClFN2O2. The van der Waals surface area contributed by atoms with Crippen molar-refractivity contribution in [1.29, 1.82) is 0 Å². The monoisotopic (exact) mass is 294 g/mol. The average molecular weight is 295 g/mol. The number of hydrogen-bond donors (Lipinski definition) is 1. The molecule has 0 spiro atoms. The summed E-state index contributed by atoms with van der Waals surface area (Å²) in [6.45, 7) is 0.482. The summed E-state index contributed by atoms with van der Waals surface area (Å²) in [5.41, 5.74) is 1.05. The third-order valence-electron chi connectivity index (χ3n) is 3.63. The Balaban J connectivity index is 2.07. The van der Waals surface area contributed by atoms with Crippen molar-refractivity contribution in [3.05, 3.63) is 40.9 Å². The number of hydrogen-bond acceptors (Lipinski definition) is 2. The Morgan fingerprint density at radius 1 is 1.45 bits per heavy atom. The molecular weight excluding hydrogens is 283 g/mol. The highest BCUT2D eigenvalue weighted by molar-refractivity contribution is 6.30. The lowest BCUT2D eigenvalue weighted by molar-refractivity contribution is -0.142. The van der Waals surface area contributed by atoms with E-state index >= 15 is 0 Å². The molecule has 0 saturated heterocycles. The maximum atomic E-state index is 13.9. The Labute approximate surface area is 119 Å². The van der Waals surface area contributed by atoms with Crippen LogP contribution >= 0.6 is 11.6 Å². The molecule has 1 atom stereocenters. The maximum absolute atomic E-state index is 13.9. The first-order valence-electron chi connectivity index (χ1n) is 6.30. The molecule has 1 unspecified atom stereocenters. The van der Waals surface area contributed by atoms with E-state index in [0.717, 1.165) is 0 Å². The van der Waals surface area contributed by atoms with Gasteiger partial charge in [0.05, 0.1) is 17.2 Å². The van der Waals surface area contributed by atoms with Crippen LogP contribution in [0.4, 0.5) is 4.39 Å². The first-order chi connectivity index (χ1) is 9.58. The van der Waals surface area contributed by atoms with Gasteiger partial charge in [0.15, 0.2) is 5.15 Å². The van der Waals surface area contributed by atoms with Crippen LogP contribution < -0.4 is 0 Å². The van der Waals surface area contributed by atoms with Crippen LogP contribution in [0.25, 0.3) is 11.4 Å². The normalized spacial score (nSPS) is 17.8. The van der Waals surface area contributed by atoms with Crippen LogP contribution in [0.2, 0.25) is 5.15 Å². The summed E-state index contributed by atoms with van der Waals surface area (Å²) in [6.07, 6.45) is 0.825. The fourth-order valence-electron chi connectivity index (χ4n) is 2.57. The van der Waals surface area contributed by atoms with Crippen LogP contribution in [-0.2, 0) is 17.8 Å². The van der Waals surface area contributed by atoms with Gasteiger partial charge in [-0.05, 0) is 18.6 Å². The molecule has 1 aromatic heterocycles. The van der Waals surface area contributed by atoms with Crippen LogP contribution in [0.3, 0.4) is 0 Å². The predicted molar refractivity (Wildman–Crippen MR) is 72.1 cm³/mol. The highest BCUT2D eigenvalue weighted by atomic mass is 35.5. The second-order valence-corrected chi connectivity index (χ2v) is 5.19. The lowest BCUT2D eigenvalue weighted by Crippen LogP contribution is -2.25. The van der Waals surface area contributed by atoms with E-state index in [-0.39, 0.29) is 11.0 Å². The van der Waals surface area contributed by atoms with E-state index in [1.165, 1.54) is 6.07 Å². The molecule has 0 aliphatic carbocycles. The number of aliphatic carboxylic acids is 1. The minimum atomic E-state index is -0.832. The van der Waals surface area contributed by atoms with Crippen LogP contribution in [0.5, 0.6) is 0 Å². The topological polar surface area (TPSA) is 55.1 Å². The predicted octanol–water partition coefficient (Wildman–Crippen LogP) is 2.99. The molecule has 4 nitrogen and oxygen atoms in total. The summed E-state index contributed by atoms with van der Waals surface area (Å²) < 4.78 is 15.7. The first-order valence-corrected chi connectivity index (χ1v) is 6.68. The van der Waals surface area contributed by atoms with Crippen molar-refractivity contribution in [3.8, 4) is 11.4 Å². The highest BCUT2D eigenvalue weighted by Crippen LogP contribution is 2.33. The van der Waals surface area contributed by atoms with Gasteiger partial charge in [0.1, 0.15) is 11.6 Å². The van der Waals surface area contributed by atoms with Gasteiger partial charge >= 0.3 is 5.97 Å². The van der Waals surface area contributed by atoms with E-state index in [4.69, 9.17) is 16.7 Å². The van der Waals surface area contributed by atoms with E-state index in [2.05, 4.69) is 4.98 Å². The zero-order chi connectivity index (χ0) is 14.3. The minimum Gasteiger partial charge on any atom is -0.481 e. The van der Waals surface area contributed by atoms with E-state index in [1.54, 1.807) is 18.2 Å². The number of carboxylic acid groups (broad SMARTS) is 1. The molecule has 1 aliphatic heterocycles. The Bertz CT molecular complexity index is 684. The van der Waals surface area contributed by atoms with Gasteiger partial charge in [-0.2, -0.15) is 0 Å². The number of rotatable bonds is 2. The Hall–Kier alpha value is -1.88. The number of carboxylic acids is 1. The molecule has 3 rings (SSSR count). The zero-order valence-corrected chi connectivity index (χ0v) is 11.3. The van der Waals surface area contributed by atoms with Gasteiger partial charge in [0, 0.05) is 13.0 Å². The Morgan fingerprint density at radius 3 is 2.90 bits per heavy atom. The number of carbonyl (C=O) groups is 1. The first kappa shape index (κ1) is 13.1. The molecule has 0 saturated carbocycles. The van der Waals surface area contributed by atoms with Gasteiger partial charge in [-0.15, -0.1) is 0 Å². The van der Waals surface area contributed by atoms with E-state index in [9.17, 15) is 9.18 Å². The smallest absolute Gasteiger partial charge is 0.306 e. The second kappa shape index (κ2) is 4.90. The molecule has 20 heavy (non-hydrogen) atoms. The van der Waals surface area contributed by atoms with Crippen LogP contribution in [-0.4, -0.2) is 20.6 Å².